The fraction of sp³-hybridized carbons (Fsp3) is 0.526. The van der Waals surface area contributed by atoms with Crippen molar-refractivity contribution in [1.82, 2.24) is 15.0 Å². The first-order valence-corrected chi connectivity index (χ1v) is 8.68. The number of nitrogens with zero attached hydrogens (tertiary/aromatic N) is 3. The standard InChI is InChI=1S/C19H27N3O2/c1-5-6-9-15(13(2)3)11-16-12-20-22(21-16)18-14(4)8-7-10-17(18)19(23)24/h7-8,10,12-13,15H,5-6,9,11H2,1-4H3,(H,23,24). The lowest BCUT2D eigenvalue weighted by molar-refractivity contribution is 0.0696. The Hall–Kier alpha value is -2.17. The van der Waals surface area contributed by atoms with Gasteiger partial charge in [0.1, 0.15) is 5.69 Å². The first kappa shape index (κ1) is 18.2. The number of aryl methyl sites for hydroxylation is 1. The van der Waals surface area contributed by atoms with Crippen LogP contribution in [-0.2, 0) is 6.42 Å². The number of unbranched alkanes of at least 4 members (excludes halogenated alkanes) is 1. The smallest absolute Gasteiger partial charge is 0.337 e. The van der Waals surface area contributed by atoms with E-state index in [4.69, 9.17) is 0 Å². The Kier molecular flexibility index (Phi) is 6.12. The molecule has 0 spiro atoms. The van der Waals surface area contributed by atoms with E-state index in [-0.39, 0.29) is 5.56 Å². The average molecular weight is 329 g/mol. The van der Waals surface area contributed by atoms with E-state index in [2.05, 4.69) is 31.0 Å². The number of carboxylic acid groups (broad SMARTS) is 1. The Morgan fingerprint density at radius 1 is 1.33 bits per heavy atom. The number of aromatic nitrogens is 3. The maximum absolute atomic E-state index is 11.5. The van der Waals surface area contributed by atoms with Crippen LogP contribution in [0.3, 0.4) is 0 Å². The van der Waals surface area contributed by atoms with Crippen molar-refractivity contribution in [1.29, 1.82) is 0 Å². The molecule has 1 heterocycles. The highest BCUT2D eigenvalue weighted by atomic mass is 16.4. The molecule has 0 bridgehead atoms. The number of para-hydroxylation sites is 1. The average Bonchev–Trinajstić information content (AvgIpc) is 2.98. The first-order valence-electron chi connectivity index (χ1n) is 8.68. The minimum absolute atomic E-state index is 0.226. The highest BCUT2D eigenvalue weighted by Gasteiger charge is 2.18. The van der Waals surface area contributed by atoms with Gasteiger partial charge in [-0.3, -0.25) is 0 Å². The monoisotopic (exact) mass is 329 g/mol. The largest absolute Gasteiger partial charge is 0.478 e. The fourth-order valence-electron chi connectivity index (χ4n) is 3.00. The number of rotatable bonds is 8. The molecule has 0 aliphatic rings. The number of carboxylic acids is 1. The second-order valence-corrected chi connectivity index (χ2v) is 6.75. The minimum Gasteiger partial charge on any atom is -0.478 e. The Labute approximate surface area is 143 Å². The lowest BCUT2D eigenvalue weighted by Gasteiger charge is -2.19. The molecule has 0 saturated carbocycles. The second kappa shape index (κ2) is 8.08. The fourth-order valence-corrected chi connectivity index (χ4v) is 3.00. The zero-order chi connectivity index (χ0) is 17.7. The molecule has 1 atom stereocenters. The van der Waals surface area contributed by atoms with E-state index >= 15 is 0 Å². The normalized spacial score (nSPS) is 12.5. The van der Waals surface area contributed by atoms with Crippen molar-refractivity contribution < 1.29 is 9.90 Å². The van der Waals surface area contributed by atoms with Crippen molar-refractivity contribution in [2.75, 3.05) is 0 Å². The van der Waals surface area contributed by atoms with Gasteiger partial charge < -0.3 is 5.11 Å². The van der Waals surface area contributed by atoms with Gasteiger partial charge >= 0.3 is 5.97 Å². The highest BCUT2D eigenvalue weighted by molar-refractivity contribution is 5.92. The van der Waals surface area contributed by atoms with Crippen molar-refractivity contribution in [2.45, 2.75) is 53.4 Å². The van der Waals surface area contributed by atoms with Crippen molar-refractivity contribution in [3.8, 4) is 5.69 Å². The van der Waals surface area contributed by atoms with E-state index in [9.17, 15) is 9.90 Å². The molecule has 0 amide bonds. The van der Waals surface area contributed by atoms with E-state index in [1.165, 1.54) is 24.1 Å². The molecular weight excluding hydrogens is 302 g/mol. The molecule has 0 aliphatic carbocycles. The topological polar surface area (TPSA) is 68.0 Å². The number of benzene rings is 1. The molecule has 2 rings (SSSR count). The van der Waals surface area contributed by atoms with Gasteiger partial charge in [-0.2, -0.15) is 15.0 Å². The molecule has 1 unspecified atom stereocenters. The van der Waals surface area contributed by atoms with Crippen LogP contribution in [0.2, 0.25) is 0 Å². The molecule has 0 radical (unpaired) electrons. The molecule has 1 N–H and O–H groups in total. The Bertz CT molecular complexity index is 692. The van der Waals surface area contributed by atoms with Gasteiger partial charge in [-0.25, -0.2) is 4.79 Å². The summed E-state index contributed by atoms with van der Waals surface area (Å²) in [5.74, 6) is 0.205. The van der Waals surface area contributed by atoms with Crippen LogP contribution in [-0.4, -0.2) is 26.1 Å². The summed E-state index contributed by atoms with van der Waals surface area (Å²) in [5.41, 5.74) is 2.54. The minimum atomic E-state index is -0.962. The lowest BCUT2D eigenvalue weighted by atomic mass is 9.87. The van der Waals surface area contributed by atoms with Gasteiger partial charge in [-0.1, -0.05) is 45.7 Å². The number of aromatic carboxylic acids is 1. The van der Waals surface area contributed by atoms with E-state index < -0.39 is 5.97 Å². The molecule has 2 aromatic rings. The van der Waals surface area contributed by atoms with Gasteiger partial charge in [0, 0.05) is 0 Å². The zero-order valence-corrected chi connectivity index (χ0v) is 15.0. The maximum atomic E-state index is 11.5. The maximum Gasteiger partial charge on any atom is 0.337 e. The Morgan fingerprint density at radius 2 is 2.08 bits per heavy atom. The molecule has 0 fully saturated rings. The van der Waals surface area contributed by atoms with Gasteiger partial charge in [0.25, 0.3) is 0 Å². The summed E-state index contributed by atoms with van der Waals surface area (Å²) in [5, 5.41) is 18.3. The lowest BCUT2D eigenvalue weighted by Crippen LogP contribution is -2.13. The molecule has 5 nitrogen and oxygen atoms in total. The van der Waals surface area contributed by atoms with Gasteiger partial charge in [0.05, 0.1) is 17.5 Å². The predicted molar refractivity (Wildman–Crippen MR) is 94.6 cm³/mol. The molecule has 5 heteroatoms. The van der Waals surface area contributed by atoms with Crippen LogP contribution >= 0.6 is 0 Å². The van der Waals surface area contributed by atoms with Crippen LogP contribution in [0, 0.1) is 18.8 Å². The van der Waals surface area contributed by atoms with Crippen LogP contribution in [0.5, 0.6) is 0 Å². The summed E-state index contributed by atoms with van der Waals surface area (Å²) in [6.07, 6.45) is 6.25. The Balaban J connectivity index is 2.27. The summed E-state index contributed by atoms with van der Waals surface area (Å²) < 4.78 is 0. The van der Waals surface area contributed by atoms with E-state index in [1.54, 1.807) is 18.3 Å². The molecule has 130 valence electrons. The molecule has 24 heavy (non-hydrogen) atoms. The van der Waals surface area contributed by atoms with Crippen molar-refractivity contribution in [3.63, 3.8) is 0 Å². The summed E-state index contributed by atoms with van der Waals surface area (Å²) in [7, 11) is 0. The van der Waals surface area contributed by atoms with Gasteiger partial charge in [-0.05, 0) is 43.2 Å². The Morgan fingerprint density at radius 3 is 2.71 bits per heavy atom. The molecule has 0 saturated heterocycles. The first-order chi connectivity index (χ1) is 11.4. The number of hydrogen-bond donors (Lipinski definition) is 1. The number of hydrogen-bond acceptors (Lipinski definition) is 3. The van der Waals surface area contributed by atoms with Crippen molar-refractivity contribution in [3.05, 3.63) is 41.2 Å². The van der Waals surface area contributed by atoms with Gasteiger partial charge in [0.2, 0.25) is 0 Å². The number of carbonyl (C=O) groups is 1. The van der Waals surface area contributed by atoms with E-state index in [0.29, 0.717) is 17.5 Å². The molecule has 1 aromatic heterocycles. The summed E-state index contributed by atoms with van der Waals surface area (Å²) in [4.78, 5) is 12.9. The second-order valence-electron chi connectivity index (χ2n) is 6.75. The third-order valence-electron chi connectivity index (χ3n) is 4.55. The van der Waals surface area contributed by atoms with Crippen LogP contribution < -0.4 is 0 Å². The van der Waals surface area contributed by atoms with Gasteiger partial charge in [0.15, 0.2) is 0 Å². The zero-order valence-electron chi connectivity index (χ0n) is 15.0. The third-order valence-corrected chi connectivity index (χ3v) is 4.55. The van der Waals surface area contributed by atoms with E-state index in [0.717, 1.165) is 17.7 Å². The van der Waals surface area contributed by atoms with Crippen molar-refractivity contribution in [2.24, 2.45) is 11.8 Å². The molecular formula is C19H27N3O2. The molecule has 1 aromatic carbocycles. The predicted octanol–water partition coefficient (Wildman–Crippen LogP) is 4.28. The van der Waals surface area contributed by atoms with Crippen LogP contribution in [0.25, 0.3) is 5.69 Å². The summed E-state index contributed by atoms with van der Waals surface area (Å²) in [6.45, 7) is 8.57. The SMILES string of the molecule is CCCCC(Cc1cnn(-c2c(C)cccc2C(=O)O)n1)C(C)C. The van der Waals surface area contributed by atoms with Crippen LogP contribution in [0.15, 0.2) is 24.4 Å². The highest BCUT2D eigenvalue weighted by Crippen LogP contribution is 2.23. The van der Waals surface area contributed by atoms with E-state index in [1.807, 2.05) is 13.0 Å². The van der Waals surface area contributed by atoms with Crippen LogP contribution in [0.1, 0.15) is 61.6 Å². The third kappa shape index (κ3) is 4.22. The van der Waals surface area contributed by atoms with Crippen molar-refractivity contribution >= 4 is 5.97 Å². The molecule has 0 aliphatic heterocycles. The summed E-state index contributed by atoms with van der Waals surface area (Å²) in [6, 6.07) is 5.21. The van der Waals surface area contributed by atoms with Crippen LogP contribution in [0.4, 0.5) is 0 Å². The quantitative estimate of drug-likeness (QED) is 0.785. The van der Waals surface area contributed by atoms with Gasteiger partial charge in [-0.15, -0.1) is 0 Å². The summed E-state index contributed by atoms with van der Waals surface area (Å²) >= 11 is 0.